The normalized spacial score (nSPS) is 24.3. The van der Waals surface area contributed by atoms with Gasteiger partial charge in [0.1, 0.15) is 5.76 Å². The number of hydrogen-bond acceptors (Lipinski definition) is 5. The maximum absolute atomic E-state index is 14.2. The van der Waals surface area contributed by atoms with Gasteiger partial charge in [-0.15, -0.1) is 0 Å². The summed E-state index contributed by atoms with van der Waals surface area (Å²) in [5.74, 6) is -3.05. The van der Waals surface area contributed by atoms with E-state index in [0.29, 0.717) is 10.6 Å². The molecule has 0 bridgehead atoms. The number of hydrogen-bond donors (Lipinski definition) is 2. The molecular weight excluding hydrogens is 405 g/mol. The van der Waals surface area contributed by atoms with Crippen molar-refractivity contribution in [3.8, 4) is 0 Å². The first-order valence-corrected chi connectivity index (χ1v) is 11.3. The molecule has 0 saturated carbocycles. The van der Waals surface area contributed by atoms with Gasteiger partial charge in [-0.1, -0.05) is 43.3 Å². The quantitative estimate of drug-likeness (QED) is 0.541. The minimum atomic E-state index is -3.70. The van der Waals surface area contributed by atoms with E-state index in [1.54, 1.807) is 67.6 Å². The highest BCUT2D eigenvalue weighted by molar-refractivity contribution is 7.74. The van der Waals surface area contributed by atoms with Crippen LogP contribution in [0.25, 0.3) is 0 Å². The fourth-order valence-corrected chi connectivity index (χ4v) is 6.45. The molecule has 8 heteroatoms. The molecule has 2 aliphatic rings. The maximum Gasteiger partial charge on any atom is 0.356 e. The molecule has 30 heavy (non-hydrogen) atoms. The van der Waals surface area contributed by atoms with Crippen LogP contribution in [-0.2, 0) is 18.7 Å². The van der Waals surface area contributed by atoms with Crippen molar-refractivity contribution in [3.05, 3.63) is 72.1 Å². The van der Waals surface area contributed by atoms with Gasteiger partial charge in [0.15, 0.2) is 5.70 Å². The van der Waals surface area contributed by atoms with E-state index in [4.69, 9.17) is 4.52 Å². The molecule has 1 saturated heterocycles. The van der Waals surface area contributed by atoms with Crippen LogP contribution < -0.4 is 10.6 Å². The lowest BCUT2D eigenvalue weighted by Crippen LogP contribution is -2.63. The van der Waals surface area contributed by atoms with Gasteiger partial charge < -0.3 is 14.7 Å². The van der Waals surface area contributed by atoms with E-state index in [1.165, 1.54) is 6.92 Å². The summed E-state index contributed by atoms with van der Waals surface area (Å²) < 4.78 is 20.3. The molecule has 0 aliphatic carbocycles. The molecule has 2 aliphatic heterocycles. The van der Waals surface area contributed by atoms with Crippen LogP contribution in [-0.4, -0.2) is 39.1 Å². The summed E-state index contributed by atoms with van der Waals surface area (Å²) in [6.45, 7) is 3.23. The van der Waals surface area contributed by atoms with Gasteiger partial charge in [0, 0.05) is 5.92 Å². The summed E-state index contributed by atoms with van der Waals surface area (Å²) in [5.41, 5.74) is -0.304. The van der Waals surface area contributed by atoms with Crippen LogP contribution >= 0.6 is 7.37 Å². The summed E-state index contributed by atoms with van der Waals surface area (Å²) in [6, 6.07) is 16.7. The van der Waals surface area contributed by atoms with E-state index in [-0.39, 0.29) is 11.5 Å². The predicted molar refractivity (Wildman–Crippen MR) is 110 cm³/mol. The number of amides is 1. The summed E-state index contributed by atoms with van der Waals surface area (Å²) in [5, 5.41) is 20.7. The van der Waals surface area contributed by atoms with Crippen molar-refractivity contribution in [3.63, 3.8) is 0 Å². The number of aliphatic hydroxyl groups is 1. The Morgan fingerprint density at radius 1 is 1.07 bits per heavy atom. The third kappa shape index (κ3) is 2.97. The van der Waals surface area contributed by atoms with Crippen LogP contribution in [0.2, 0.25) is 0 Å². The van der Waals surface area contributed by atoms with Gasteiger partial charge in [0.2, 0.25) is 5.91 Å². The summed E-state index contributed by atoms with van der Waals surface area (Å²) in [6.07, 6.45) is -0.925. The number of nitrogens with zero attached hydrogens (tertiary/aromatic N) is 1. The van der Waals surface area contributed by atoms with Crippen molar-refractivity contribution in [1.82, 2.24) is 4.90 Å². The number of carboxylic acid groups (broad SMARTS) is 1. The van der Waals surface area contributed by atoms with E-state index in [1.807, 2.05) is 0 Å². The minimum Gasteiger partial charge on any atom is -0.476 e. The number of aliphatic hydroxyl groups excluding tert-OH is 1. The molecule has 156 valence electrons. The molecule has 2 heterocycles. The second-order valence-electron chi connectivity index (χ2n) is 7.59. The Morgan fingerprint density at radius 2 is 1.57 bits per heavy atom. The van der Waals surface area contributed by atoms with Crippen LogP contribution in [0.5, 0.6) is 0 Å². The van der Waals surface area contributed by atoms with Gasteiger partial charge in [-0.25, -0.2) is 4.79 Å². The fourth-order valence-electron chi connectivity index (χ4n) is 4.28. The average Bonchev–Trinajstić information content (AvgIpc) is 2.97. The highest BCUT2D eigenvalue weighted by Crippen LogP contribution is 2.54. The highest BCUT2D eigenvalue weighted by atomic mass is 31.2. The molecule has 4 rings (SSSR count). The third-order valence-corrected chi connectivity index (χ3v) is 8.14. The van der Waals surface area contributed by atoms with Gasteiger partial charge in [-0.05, 0) is 31.2 Å². The first kappa shape index (κ1) is 20.4. The van der Waals surface area contributed by atoms with Gasteiger partial charge in [0.05, 0.1) is 28.7 Å². The summed E-state index contributed by atoms with van der Waals surface area (Å²) >= 11 is 0. The Bertz CT molecular complexity index is 1020. The number of carbonyl (C=O) groups excluding carboxylic acids is 1. The van der Waals surface area contributed by atoms with Gasteiger partial charge in [0.25, 0.3) is 0 Å². The zero-order valence-corrected chi connectivity index (χ0v) is 17.4. The zero-order chi connectivity index (χ0) is 21.6. The topological polar surface area (TPSA) is 104 Å². The lowest BCUT2D eigenvalue weighted by atomic mass is 9.79. The molecule has 0 radical (unpaired) electrons. The molecule has 7 nitrogen and oxygen atoms in total. The lowest BCUT2D eigenvalue weighted by molar-refractivity contribution is -0.163. The third-order valence-electron chi connectivity index (χ3n) is 5.73. The van der Waals surface area contributed by atoms with Gasteiger partial charge in [-0.3, -0.25) is 14.3 Å². The van der Waals surface area contributed by atoms with Crippen LogP contribution in [0.3, 0.4) is 0 Å². The highest BCUT2D eigenvalue weighted by Gasteiger charge is 2.61. The van der Waals surface area contributed by atoms with Crippen molar-refractivity contribution in [2.75, 3.05) is 0 Å². The van der Waals surface area contributed by atoms with Crippen molar-refractivity contribution in [2.45, 2.75) is 26.0 Å². The molecule has 0 spiro atoms. The van der Waals surface area contributed by atoms with E-state index >= 15 is 0 Å². The standard InChI is InChI=1S/C22H22NO6P/c1-13-18-17(14(2)24)21(25)23(18)19(22(26)27)20(13)29-30(28,15-9-5-3-6-10-15)16-11-7-4-8-12-16/h3-14,17-18,24H,1-2H3,(H,26,27)/t13-,14-,17+,18?/m1/s1. The Balaban J connectivity index is 1.83. The Kier molecular flexibility index (Phi) is 5.04. The minimum absolute atomic E-state index is 0.0000365. The number of benzene rings is 2. The second-order valence-corrected chi connectivity index (χ2v) is 9.90. The van der Waals surface area contributed by atoms with Gasteiger partial charge in [-0.2, -0.15) is 0 Å². The van der Waals surface area contributed by atoms with Gasteiger partial charge >= 0.3 is 13.3 Å². The summed E-state index contributed by atoms with van der Waals surface area (Å²) in [4.78, 5) is 25.7. The lowest BCUT2D eigenvalue weighted by Gasteiger charge is -2.46. The molecule has 2 aromatic rings. The predicted octanol–water partition coefficient (Wildman–Crippen LogP) is 2.09. The number of rotatable bonds is 6. The van der Waals surface area contributed by atoms with Crippen molar-refractivity contribution in [1.29, 1.82) is 0 Å². The summed E-state index contributed by atoms with van der Waals surface area (Å²) in [7, 11) is -3.70. The molecule has 1 fully saturated rings. The SMILES string of the molecule is C[C@H]1C(OP(=O)(c2ccccc2)c2ccccc2)=C(C(=O)O)N2C(=O)[C@@H]([C@@H](C)O)C12. The van der Waals surface area contributed by atoms with E-state index in [0.717, 1.165) is 4.90 Å². The Labute approximate surface area is 174 Å². The fraction of sp³-hybridized carbons (Fsp3) is 0.273. The van der Waals surface area contributed by atoms with Crippen molar-refractivity contribution < 1.29 is 28.9 Å². The molecule has 1 amide bonds. The van der Waals surface area contributed by atoms with Crippen LogP contribution in [0.1, 0.15) is 13.8 Å². The van der Waals surface area contributed by atoms with Crippen LogP contribution in [0.4, 0.5) is 0 Å². The molecule has 0 aromatic heterocycles. The number of carboxylic acids is 1. The number of β-lactam (4-membered cyclic amide) rings is 1. The Hall–Kier alpha value is -2.89. The zero-order valence-electron chi connectivity index (χ0n) is 16.5. The number of carbonyl (C=O) groups is 2. The molecular formula is C22H22NO6P. The van der Waals surface area contributed by atoms with E-state index in [2.05, 4.69) is 0 Å². The first-order valence-electron chi connectivity index (χ1n) is 9.67. The number of fused-ring (bicyclic) bond motifs is 1. The van der Waals surface area contributed by atoms with Crippen LogP contribution in [0.15, 0.2) is 72.1 Å². The molecule has 2 aromatic carbocycles. The smallest absolute Gasteiger partial charge is 0.356 e. The van der Waals surface area contributed by atoms with Crippen molar-refractivity contribution in [2.24, 2.45) is 11.8 Å². The first-order chi connectivity index (χ1) is 14.3. The second kappa shape index (κ2) is 7.42. The number of aliphatic carboxylic acids is 1. The van der Waals surface area contributed by atoms with E-state index in [9.17, 15) is 24.4 Å². The van der Waals surface area contributed by atoms with E-state index < -0.39 is 43.2 Å². The molecule has 1 unspecified atom stereocenters. The monoisotopic (exact) mass is 427 g/mol. The Morgan fingerprint density at radius 3 is 2.00 bits per heavy atom. The largest absolute Gasteiger partial charge is 0.476 e. The molecule has 4 atom stereocenters. The average molecular weight is 427 g/mol. The maximum atomic E-state index is 14.2. The molecule has 2 N–H and O–H groups in total. The van der Waals surface area contributed by atoms with Crippen molar-refractivity contribution >= 4 is 29.9 Å². The van der Waals surface area contributed by atoms with Crippen LogP contribution in [0, 0.1) is 11.8 Å².